The van der Waals surface area contributed by atoms with Crippen LogP contribution in [0.4, 0.5) is 11.4 Å². The van der Waals surface area contributed by atoms with Crippen LogP contribution in [0.25, 0.3) is 0 Å². The largest absolute Gasteiger partial charge is 0.340 e. The zero-order chi connectivity index (χ0) is 17.4. The Kier molecular flexibility index (Phi) is 4.17. The van der Waals surface area contributed by atoms with Gasteiger partial charge in [-0.25, -0.2) is 0 Å². The van der Waals surface area contributed by atoms with E-state index in [9.17, 15) is 14.4 Å². The van der Waals surface area contributed by atoms with E-state index < -0.39 is 0 Å². The van der Waals surface area contributed by atoms with Crippen LogP contribution in [0.2, 0.25) is 0 Å². The van der Waals surface area contributed by atoms with Crippen LogP contribution in [0.5, 0.6) is 0 Å². The molecule has 1 aliphatic carbocycles. The van der Waals surface area contributed by atoms with Crippen molar-refractivity contribution in [2.24, 2.45) is 5.92 Å². The van der Waals surface area contributed by atoms with Crippen molar-refractivity contribution in [3.8, 4) is 0 Å². The van der Waals surface area contributed by atoms with Gasteiger partial charge >= 0.3 is 0 Å². The van der Waals surface area contributed by atoms with Crippen molar-refractivity contribution in [2.75, 3.05) is 49.5 Å². The Morgan fingerprint density at radius 1 is 1.08 bits per heavy atom. The van der Waals surface area contributed by atoms with Crippen molar-refractivity contribution in [3.63, 3.8) is 0 Å². The molecule has 1 aromatic rings. The van der Waals surface area contributed by atoms with Gasteiger partial charge in [0.05, 0.1) is 17.9 Å². The molecule has 132 valence electrons. The third kappa shape index (κ3) is 3.37. The number of hydrogen-bond acceptors (Lipinski definition) is 4. The number of hydrogen-bond donors (Lipinski definition) is 1. The molecular formula is C18H22N4O3. The minimum atomic E-state index is -0.174. The average molecular weight is 342 g/mol. The summed E-state index contributed by atoms with van der Waals surface area (Å²) in [6.45, 7) is 3.08. The van der Waals surface area contributed by atoms with Crippen molar-refractivity contribution < 1.29 is 14.4 Å². The van der Waals surface area contributed by atoms with Crippen molar-refractivity contribution in [1.82, 2.24) is 9.80 Å². The molecule has 4 rings (SSSR count). The first-order chi connectivity index (χ1) is 12.1. The van der Waals surface area contributed by atoms with Crippen molar-refractivity contribution in [2.45, 2.75) is 12.8 Å². The maximum Gasteiger partial charge on any atom is 0.244 e. The summed E-state index contributed by atoms with van der Waals surface area (Å²) < 4.78 is 0. The van der Waals surface area contributed by atoms with Crippen molar-refractivity contribution in [1.29, 1.82) is 0 Å². The highest BCUT2D eigenvalue weighted by Crippen LogP contribution is 2.31. The SMILES string of the molecule is O=C1CN(C(=O)CN2CCN(C(=O)C3CC3)CC2)c2ccccc2N1. The fourth-order valence-corrected chi connectivity index (χ4v) is 3.45. The monoisotopic (exact) mass is 342 g/mol. The van der Waals surface area contributed by atoms with Gasteiger partial charge in [-0.1, -0.05) is 12.1 Å². The number of para-hydroxylation sites is 2. The van der Waals surface area contributed by atoms with E-state index in [4.69, 9.17) is 0 Å². The van der Waals surface area contributed by atoms with Crippen LogP contribution in [0.3, 0.4) is 0 Å². The molecule has 7 heteroatoms. The number of carbonyl (C=O) groups excluding carboxylic acids is 3. The Bertz CT molecular complexity index is 708. The second-order valence-electron chi connectivity index (χ2n) is 6.92. The molecule has 2 fully saturated rings. The van der Waals surface area contributed by atoms with E-state index in [-0.39, 0.29) is 36.7 Å². The van der Waals surface area contributed by atoms with Gasteiger partial charge in [0.1, 0.15) is 6.54 Å². The molecule has 0 spiro atoms. The molecule has 7 nitrogen and oxygen atoms in total. The van der Waals surface area contributed by atoms with Crippen LogP contribution >= 0.6 is 0 Å². The normalized spacial score (nSPS) is 20.9. The van der Waals surface area contributed by atoms with Gasteiger partial charge in [-0.15, -0.1) is 0 Å². The van der Waals surface area contributed by atoms with E-state index >= 15 is 0 Å². The molecule has 3 amide bonds. The van der Waals surface area contributed by atoms with Gasteiger partial charge in [0.25, 0.3) is 0 Å². The zero-order valence-electron chi connectivity index (χ0n) is 14.1. The van der Waals surface area contributed by atoms with Gasteiger partial charge in [-0.3, -0.25) is 24.2 Å². The predicted octanol–water partition coefficient (Wildman–Crippen LogP) is 0.526. The van der Waals surface area contributed by atoms with Crippen molar-refractivity contribution >= 4 is 29.1 Å². The molecule has 3 aliphatic rings. The number of benzene rings is 1. The van der Waals surface area contributed by atoms with Gasteiger partial charge in [0, 0.05) is 32.1 Å². The molecule has 2 aliphatic heterocycles. The molecule has 25 heavy (non-hydrogen) atoms. The van der Waals surface area contributed by atoms with E-state index in [0.717, 1.165) is 18.5 Å². The highest BCUT2D eigenvalue weighted by Gasteiger charge is 2.35. The van der Waals surface area contributed by atoms with E-state index in [1.165, 1.54) is 0 Å². The molecule has 0 aromatic heterocycles. The van der Waals surface area contributed by atoms with E-state index in [1.54, 1.807) is 11.0 Å². The van der Waals surface area contributed by atoms with Gasteiger partial charge in [0.2, 0.25) is 17.7 Å². The fraction of sp³-hybridized carbons (Fsp3) is 0.500. The Labute approximate surface area is 146 Å². The maximum absolute atomic E-state index is 12.7. The van der Waals surface area contributed by atoms with Gasteiger partial charge in [0.15, 0.2) is 0 Å². The summed E-state index contributed by atoms with van der Waals surface area (Å²) >= 11 is 0. The lowest BCUT2D eigenvalue weighted by atomic mass is 10.2. The number of piperazine rings is 1. The highest BCUT2D eigenvalue weighted by molar-refractivity contribution is 6.10. The predicted molar refractivity (Wildman–Crippen MR) is 93.2 cm³/mol. The molecular weight excluding hydrogens is 320 g/mol. The second-order valence-corrected chi connectivity index (χ2v) is 6.92. The van der Waals surface area contributed by atoms with Crippen LogP contribution in [0.1, 0.15) is 12.8 Å². The number of carbonyl (C=O) groups is 3. The lowest BCUT2D eigenvalue weighted by Gasteiger charge is -2.36. The molecule has 2 heterocycles. The molecule has 0 bridgehead atoms. The van der Waals surface area contributed by atoms with Gasteiger partial charge in [-0.2, -0.15) is 0 Å². The maximum atomic E-state index is 12.7. The summed E-state index contributed by atoms with van der Waals surface area (Å²) in [5.41, 5.74) is 1.42. The number of rotatable bonds is 3. The summed E-state index contributed by atoms with van der Waals surface area (Å²) in [5, 5.41) is 2.79. The fourth-order valence-electron chi connectivity index (χ4n) is 3.45. The first-order valence-electron chi connectivity index (χ1n) is 8.82. The van der Waals surface area contributed by atoms with Gasteiger partial charge in [-0.05, 0) is 25.0 Å². The summed E-state index contributed by atoms with van der Waals surface area (Å²) in [7, 11) is 0. The first-order valence-corrected chi connectivity index (χ1v) is 8.82. The quantitative estimate of drug-likeness (QED) is 0.869. The molecule has 0 radical (unpaired) electrons. The first kappa shape index (κ1) is 16.1. The minimum Gasteiger partial charge on any atom is -0.340 e. The third-order valence-corrected chi connectivity index (χ3v) is 5.04. The molecule has 1 saturated heterocycles. The number of anilines is 2. The van der Waals surface area contributed by atoms with Crippen LogP contribution in [-0.4, -0.2) is 66.8 Å². The van der Waals surface area contributed by atoms with Crippen LogP contribution in [-0.2, 0) is 14.4 Å². The zero-order valence-corrected chi connectivity index (χ0v) is 14.1. The molecule has 1 N–H and O–H groups in total. The number of amides is 3. The summed E-state index contributed by atoms with van der Waals surface area (Å²) in [5.74, 6) is 0.264. The smallest absolute Gasteiger partial charge is 0.244 e. The van der Waals surface area contributed by atoms with E-state index in [0.29, 0.717) is 31.9 Å². The Morgan fingerprint density at radius 3 is 2.52 bits per heavy atom. The number of fused-ring (bicyclic) bond motifs is 1. The van der Waals surface area contributed by atoms with E-state index in [1.807, 2.05) is 23.1 Å². The second kappa shape index (κ2) is 6.48. The Balaban J connectivity index is 1.36. The van der Waals surface area contributed by atoms with Crippen LogP contribution < -0.4 is 10.2 Å². The molecule has 0 atom stereocenters. The third-order valence-electron chi connectivity index (χ3n) is 5.04. The highest BCUT2D eigenvalue weighted by atomic mass is 16.2. The topological polar surface area (TPSA) is 73.0 Å². The standard InChI is InChI=1S/C18H22N4O3/c23-16-11-22(15-4-2-1-3-14(15)19-16)17(24)12-20-7-9-21(10-8-20)18(25)13-5-6-13/h1-4,13H,5-12H2,(H,19,23). The number of nitrogens with zero attached hydrogens (tertiary/aromatic N) is 3. The summed E-state index contributed by atoms with van der Waals surface area (Å²) in [6.07, 6.45) is 2.04. The summed E-state index contributed by atoms with van der Waals surface area (Å²) in [6, 6.07) is 7.34. The average Bonchev–Trinajstić information content (AvgIpc) is 3.46. The molecule has 1 aromatic carbocycles. The Hall–Kier alpha value is -2.41. The lowest BCUT2D eigenvalue weighted by Crippen LogP contribution is -2.53. The molecule has 0 unspecified atom stereocenters. The van der Waals surface area contributed by atoms with Crippen molar-refractivity contribution in [3.05, 3.63) is 24.3 Å². The lowest BCUT2D eigenvalue weighted by molar-refractivity contribution is -0.134. The van der Waals surface area contributed by atoms with Crippen LogP contribution in [0, 0.1) is 5.92 Å². The Morgan fingerprint density at radius 2 is 1.80 bits per heavy atom. The van der Waals surface area contributed by atoms with Crippen LogP contribution in [0.15, 0.2) is 24.3 Å². The number of nitrogens with one attached hydrogen (secondary N) is 1. The van der Waals surface area contributed by atoms with Gasteiger partial charge < -0.3 is 10.2 Å². The molecule has 1 saturated carbocycles. The minimum absolute atomic E-state index is 0.0516. The van der Waals surface area contributed by atoms with E-state index in [2.05, 4.69) is 10.2 Å². The summed E-state index contributed by atoms with van der Waals surface area (Å²) in [4.78, 5) is 42.2.